The molecule has 1 amide bonds. The van der Waals surface area contributed by atoms with E-state index in [1.54, 1.807) is 19.4 Å². The van der Waals surface area contributed by atoms with Crippen LogP contribution in [0.15, 0.2) is 18.3 Å². The summed E-state index contributed by atoms with van der Waals surface area (Å²) >= 11 is 4.92. The molecule has 3 N–H and O–H groups in total. The van der Waals surface area contributed by atoms with E-state index in [1.165, 1.54) is 0 Å². The monoisotopic (exact) mass is 265 g/mol. The molecule has 0 spiro atoms. The summed E-state index contributed by atoms with van der Waals surface area (Å²) in [5.74, 6) is 0.456. The second-order valence-electron chi connectivity index (χ2n) is 4.34. The number of methoxy groups -OCH3 is 1. The Kier molecular flexibility index (Phi) is 3.47. The molecule has 1 aromatic rings. The molecule has 1 fully saturated rings. The van der Waals surface area contributed by atoms with Crippen molar-refractivity contribution in [3.8, 4) is 5.88 Å². The Morgan fingerprint density at radius 3 is 2.78 bits per heavy atom. The Morgan fingerprint density at radius 2 is 2.33 bits per heavy atom. The standard InChI is InChI=1S/C12H15N3O2S/c1-17-9-3-2-8(6-14-9)7-15-11(16)12(4-5-12)10(13)18/h2-3,6H,4-5,7H2,1H3,(H2,13,18)(H,15,16). The largest absolute Gasteiger partial charge is 0.481 e. The van der Waals surface area contributed by atoms with E-state index in [4.69, 9.17) is 22.7 Å². The second kappa shape index (κ2) is 4.89. The fourth-order valence-corrected chi connectivity index (χ4v) is 1.99. The zero-order chi connectivity index (χ0) is 13.2. The number of ether oxygens (including phenoxy) is 1. The number of pyridine rings is 1. The topological polar surface area (TPSA) is 77.2 Å². The van der Waals surface area contributed by atoms with Gasteiger partial charge in [-0.15, -0.1) is 0 Å². The van der Waals surface area contributed by atoms with Gasteiger partial charge in [-0.25, -0.2) is 4.98 Å². The second-order valence-corrected chi connectivity index (χ2v) is 4.78. The minimum absolute atomic E-state index is 0.0918. The van der Waals surface area contributed by atoms with Crippen LogP contribution in [0, 0.1) is 5.41 Å². The molecule has 1 aliphatic rings. The highest BCUT2D eigenvalue weighted by Gasteiger charge is 2.52. The summed E-state index contributed by atoms with van der Waals surface area (Å²) < 4.78 is 4.96. The van der Waals surface area contributed by atoms with Crippen molar-refractivity contribution in [1.82, 2.24) is 10.3 Å². The lowest BCUT2D eigenvalue weighted by atomic mass is 10.1. The van der Waals surface area contributed by atoms with Gasteiger partial charge in [-0.05, 0) is 18.4 Å². The lowest BCUT2D eigenvalue weighted by Gasteiger charge is -2.13. The molecule has 0 aromatic carbocycles. The van der Waals surface area contributed by atoms with Crippen molar-refractivity contribution in [3.05, 3.63) is 23.9 Å². The SMILES string of the molecule is COc1ccc(CNC(=O)C2(C(N)=S)CC2)cn1. The van der Waals surface area contributed by atoms with Gasteiger partial charge in [0.1, 0.15) is 0 Å². The molecule has 1 aromatic heterocycles. The van der Waals surface area contributed by atoms with Crippen molar-refractivity contribution in [3.63, 3.8) is 0 Å². The minimum atomic E-state index is -0.602. The molecular formula is C12H15N3O2S. The molecule has 0 bridgehead atoms. The third-order valence-electron chi connectivity index (χ3n) is 3.12. The number of hydrogen-bond donors (Lipinski definition) is 2. The molecule has 0 aliphatic heterocycles. The zero-order valence-electron chi connectivity index (χ0n) is 10.1. The maximum Gasteiger partial charge on any atom is 0.233 e. The normalized spacial score (nSPS) is 15.8. The fourth-order valence-electron chi connectivity index (χ4n) is 1.70. The number of aromatic nitrogens is 1. The molecule has 1 saturated carbocycles. The lowest BCUT2D eigenvalue weighted by molar-refractivity contribution is -0.124. The van der Waals surface area contributed by atoms with Crippen molar-refractivity contribution in [1.29, 1.82) is 0 Å². The summed E-state index contributed by atoms with van der Waals surface area (Å²) in [5, 5.41) is 2.83. The van der Waals surface area contributed by atoms with E-state index in [-0.39, 0.29) is 10.9 Å². The summed E-state index contributed by atoms with van der Waals surface area (Å²) in [5.41, 5.74) is 5.89. The number of nitrogens with two attached hydrogens (primary N) is 1. The number of rotatable bonds is 5. The molecule has 0 radical (unpaired) electrons. The third-order valence-corrected chi connectivity index (χ3v) is 3.51. The predicted octanol–water partition coefficient (Wildman–Crippen LogP) is 0.773. The van der Waals surface area contributed by atoms with E-state index in [1.807, 2.05) is 6.07 Å². The quantitative estimate of drug-likeness (QED) is 0.769. The lowest BCUT2D eigenvalue weighted by Crippen LogP contribution is -2.39. The van der Waals surface area contributed by atoms with Gasteiger partial charge in [-0.1, -0.05) is 18.3 Å². The highest BCUT2D eigenvalue weighted by atomic mass is 32.1. The number of hydrogen-bond acceptors (Lipinski definition) is 4. The van der Waals surface area contributed by atoms with Gasteiger partial charge in [-0.2, -0.15) is 0 Å². The van der Waals surface area contributed by atoms with Crippen LogP contribution in [-0.4, -0.2) is 23.0 Å². The van der Waals surface area contributed by atoms with E-state index in [2.05, 4.69) is 10.3 Å². The van der Waals surface area contributed by atoms with E-state index >= 15 is 0 Å². The molecule has 5 nitrogen and oxygen atoms in total. The molecule has 2 rings (SSSR count). The Labute approximate surface area is 111 Å². The average Bonchev–Trinajstić information content (AvgIpc) is 3.18. The Balaban J connectivity index is 1.91. The Hall–Kier alpha value is -1.69. The van der Waals surface area contributed by atoms with E-state index < -0.39 is 5.41 Å². The number of thiocarbonyl (C=S) groups is 1. The van der Waals surface area contributed by atoms with Crippen molar-refractivity contribution in [2.45, 2.75) is 19.4 Å². The van der Waals surface area contributed by atoms with Gasteiger partial charge >= 0.3 is 0 Å². The van der Waals surface area contributed by atoms with Crippen molar-refractivity contribution < 1.29 is 9.53 Å². The van der Waals surface area contributed by atoms with Gasteiger partial charge in [0.15, 0.2) is 0 Å². The van der Waals surface area contributed by atoms with E-state index in [0.29, 0.717) is 12.4 Å². The van der Waals surface area contributed by atoms with Crippen LogP contribution in [0.5, 0.6) is 5.88 Å². The van der Waals surface area contributed by atoms with Crippen molar-refractivity contribution in [2.75, 3.05) is 7.11 Å². The summed E-state index contributed by atoms with van der Waals surface area (Å²) in [6.45, 7) is 0.417. The van der Waals surface area contributed by atoms with Crippen molar-refractivity contribution in [2.24, 2.45) is 11.1 Å². The summed E-state index contributed by atoms with van der Waals surface area (Å²) in [6.07, 6.45) is 3.16. The van der Waals surface area contributed by atoms with Crippen LogP contribution in [0.4, 0.5) is 0 Å². The van der Waals surface area contributed by atoms with Gasteiger partial charge in [0.05, 0.1) is 17.5 Å². The molecule has 0 atom stereocenters. The van der Waals surface area contributed by atoms with Gasteiger partial charge in [0.25, 0.3) is 0 Å². The molecular weight excluding hydrogens is 250 g/mol. The highest BCUT2D eigenvalue weighted by Crippen LogP contribution is 2.46. The van der Waals surface area contributed by atoms with E-state index in [9.17, 15) is 4.79 Å². The average molecular weight is 265 g/mol. The molecule has 18 heavy (non-hydrogen) atoms. The summed E-state index contributed by atoms with van der Waals surface area (Å²) in [4.78, 5) is 16.3. The van der Waals surface area contributed by atoms with Crippen LogP contribution in [0.25, 0.3) is 0 Å². The first-order valence-corrected chi connectivity index (χ1v) is 6.06. The highest BCUT2D eigenvalue weighted by molar-refractivity contribution is 7.80. The zero-order valence-corrected chi connectivity index (χ0v) is 10.9. The summed E-state index contributed by atoms with van der Waals surface area (Å²) in [7, 11) is 1.56. The molecule has 6 heteroatoms. The summed E-state index contributed by atoms with van der Waals surface area (Å²) in [6, 6.07) is 3.61. The van der Waals surface area contributed by atoms with Crippen LogP contribution in [0.1, 0.15) is 18.4 Å². The number of carbonyl (C=O) groups excluding carboxylic acids is 1. The van der Waals surface area contributed by atoms with Crippen LogP contribution in [-0.2, 0) is 11.3 Å². The number of carbonyl (C=O) groups is 1. The number of nitrogens with one attached hydrogen (secondary N) is 1. The first-order valence-electron chi connectivity index (χ1n) is 5.65. The van der Waals surface area contributed by atoms with Gasteiger partial charge in [0.2, 0.25) is 11.8 Å². The molecule has 1 heterocycles. The predicted molar refractivity (Wildman–Crippen MR) is 71.1 cm³/mol. The maximum atomic E-state index is 11.9. The van der Waals surface area contributed by atoms with Crippen LogP contribution in [0.3, 0.4) is 0 Å². The Morgan fingerprint density at radius 1 is 1.61 bits per heavy atom. The van der Waals surface area contributed by atoms with Crippen LogP contribution in [0.2, 0.25) is 0 Å². The number of nitrogens with zero attached hydrogens (tertiary/aromatic N) is 1. The Bertz CT molecular complexity index is 469. The molecule has 1 aliphatic carbocycles. The van der Waals surface area contributed by atoms with Crippen LogP contribution < -0.4 is 15.8 Å². The maximum absolute atomic E-state index is 11.9. The smallest absolute Gasteiger partial charge is 0.233 e. The number of amides is 1. The van der Waals surface area contributed by atoms with Crippen molar-refractivity contribution >= 4 is 23.1 Å². The molecule has 0 saturated heterocycles. The fraction of sp³-hybridized carbons (Fsp3) is 0.417. The molecule has 96 valence electrons. The van der Waals surface area contributed by atoms with Gasteiger partial charge in [0, 0.05) is 18.8 Å². The van der Waals surface area contributed by atoms with E-state index in [0.717, 1.165) is 18.4 Å². The third kappa shape index (κ3) is 2.43. The molecule has 0 unspecified atom stereocenters. The van der Waals surface area contributed by atoms with Gasteiger partial charge in [-0.3, -0.25) is 4.79 Å². The van der Waals surface area contributed by atoms with Gasteiger partial charge < -0.3 is 15.8 Å². The first-order chi connectivity index (χ1) is 8.58. The van der Waals surface area contributed by atoms with Crippen LogP contribution >= 0.6 is 12.2 Å². The minimum Gasteiger partial charge on any atom is -0.481 e. The first kappa shape index (κ1) is 12.8.